The Labute approximate surface area is 143 Å². The number of aromatic nitrogens is 4. The van der Waals surface area contributed by atoms with E-state index in [4.69, 9.17) is 4.74 Å². The van der Waals surface area contributed by atoms with Crippen LogP contribution in [0.15, 0.2) is 40.5 Å². The minimum absolute atomic E-state index is 0.149. The van der Waals surface area contributed by atoms with Crippen LogP contribution in [0.25, 0.3) is 16.0 Å². The summed E-state index contributed by atoms with van der Waals surface area (Å²) in [5, 5.41) is 9.79. The molecule has 0 bridgehead atoms. The molecular weight excluding hydrogens is 347 g/mol. The Morgan fingerprint density at radius 2 is 2.08 bits per heavy atom. The van der Waals surface area contributed by atoms with E-state index in [1.807, 2.05) is 0 Å². The summed E-state index contributed by atoms with van der Waals surface area (Å²) in [6, 6.07) is 7.36. The van der Waals surface area contributed by atoms with Crippen molar-refractivity contribution in [2.75, 3.05) is 0 Å². The molecule has 0 aliphatic rings. The van der Waals surface area contributed by atoms with Crippen LogP contribution in [0.2, 0.25) is 0 Å². The molecule has 0 fully saturated rings. The first-order chi connectivity index (χ1) is 12.1. The van der Waals surface area contributed by atoms with Gasteiger partial charge in [0.05, 0.1) is 11.1 Å². The minimum atomic E-state index is -0.791. The van der Waals surface area contributed by atoms with Crippen LogP contribution < -0.4 is 5.56 Å². The average Bonchev–Trinajstić information content (AvgIpc) is 3.24. The number of aryl methyl sites for hydroxylation is 1. The predicted molar refractivity (Wildman–Crippen MR) is 89.1 cm³/mol. The molecule has 0 saturated heterocycles. The van der Waals surface area contributed by atoms with Gasteiger partial charge < -0.3 is 4.74 Å². The van der Waals surface area contributed by atoms with E-state index < -0.39 is 11.8 Å². The maximum Gasteiger partial charge on any atom is 0.341 e. The lowest BCUT2D eigenvalue weighted by atomic mass is 10.2. The Kier molecular flexibility index (Phi) is 3.57. The van der Waals surface area contributed by atoms with Crippen molar-refractivity contribution in [1.82, 2.24) is 19.2 Å². The van der Waals surface area contributed by atoms with Crippen LogP contribution in [-0.2, 0) is 18.4 Å². The van der Waals surface area contributed by atoms with Crippen LogP contribution in [0.1, 0.15) is 16.2 Å². The molecule has 0 unspecified atom stereocenters. The molecule has 7 nitrogen and oxygen atoms in total. The quantitative estimate of drug-likeness (QED) is 0.524. The van der Waals surface area contributed by atoms with Gasteiger partial charge in [-0.3, -0.25) is 13.8 Å². The lowest BCUT2D eigenvalue weighted by Crippen LogP contribution is -2.19. The fourth-order valence-electron chi connectivity index (χ4n) is 2.58. The molecule has 3 heterocycles. The molecule has 0 amide bonds. The monoisotopic (exact) mass is 358 g/mol. The first-order valence-corrected chi connectivity index (χ1v) is 8.17. The summed E-state index contributed by atoms with van der Waals surface area (Å²) in [6.07, 6.45) is 0. The third-order valence-electron chi connectivity index (χ3n) is 3.82. The van der Waals surface area contributed by atoms with Crippen molar-refractivity contribution in [2.45, 2.75) is 6.61 Å². The largest absolute Gasteiger partial charge is 0.454 e. The number of hydrogen-bond donors (Lipinski definition) is 0. The summed E-state index contributed by atoms with van der Waals surface area (Å²) in [5.41, 5.74) is 0.328. The number of benzene rings is 1. The van der Waals surface area contributed by atoms with Gasteiger partial charge in [0.2, 0.25) is 5.78 Å². The molecule has 25 heavy (non-hydrogen) atoms. The van der Waals surface area contributed by atoms with Gasteiger partial charge in [0, 0.05) is 7.05 Å². The Morgan fingerprint density at radius 1 is 1.28 bits per heavy atom. The van der Waals surface area contributed by atoms with Gasteiger partial charge in [0.25, 0.3) is 5.56 Å². The number of rotatable bonds is 3. The normalized spacial score (nSPS) is 11.3. The third kappa shape index (κ3) is 2.40. The molecule has 0 aliphatic heterocycles. The lowest BCUT2D eigenvalue weighted by molar-refractivity contribution is 0.0456. The maximum absolute atomic E-state index is 13.7. The molecule has 4 rings (SSSR count). The van der Waals surface area contributed by atoms with Crippen molar-refractivity contribution in [2.24, 2.45) is 7.05 Å². The number of fused-ring (bicyclic) bond motifs is 3. The standard InChI is InChI=1S/C16H11FN4O3S/c1-20-14(22)13-11(6-7-25-13)21-12(18-19-16(20)21)8-24-15(23)9-4-2-3-5-10(9)17/h2-7H,8H2,1H3. The molecule has 0 N–H and O–H groups in total. The lowest BCUT2D eigenvalue weighted by Gasteiger charge is -2.06. The number of ether oxygens (including phenoxy) is 1. The number of hydrogen-bond acceptors (Lipinski definition) is 6. The molecule has 0 radical (unpaired) electrons. The van der Waals surface area contributed by atoms with E-state index in [1.54, 1.807) is 29.0 Å². The fraction of sp³-hybridized carbons (Fsp3) is 0.125. The fourth-order valence-corrected chi connectivity index (χ4v) is 3.43. The average molecular weight is 358 g/mol. The molecule has 9 heteroatoms. The molecule has 4 aromatic rings. The Hall–Kier alpha value is -3.07. The van der Waals surface area contributed by atoms with E-state index in [1.165, 1.54) is 34.1 Å². The van der Waals surface area contributed by atoms with Gasteiger partial charge in [0.15, 0.2) is 12.4 Å². The predicted octanol–water partition coefficient (Wildman–Crippen LogP) is 2.14. The number of carbonyl (C=O) groups is 1. The first kappa shape index (κ1) is 15.5. The second-order valence-electron chi connectivity index (χ2n) is 5.31. The highest BCUT2D eigenvalue weighted by atomic mass is 32.1. The zero-order valence-electron chi connectivity index (χ0n) is 13.0. The topological polar surface area (TPSA) is 78.5 Å². The van der Waals surface area contributed by atoms with Crippen LogP contribution in [0.4, 0.5) is 4.39 Å². The van der Waals surface area contributed by atoms with Crippen LogP contribution in [0.5, 0.6) is 0 Å². The van der Waals surface area contributed by atoms with Gasteiger partial charge >= 0.3 is 5.97 Å². The zero-order valence-corrected chi connectivity index (χ0v) is 13.8. The molecule has 0 saturated carbocycles. The third-order valence-corrected chi connectivity index (χ3v) is 4.71. The second-order valence-corrected chi connectivity index (χ2v) is 6.22. The van der Waals surface area contributed by atoms with Crippen LogP contribution in [0.3, 0.4) is 0 Å². The summed E-state index contributed by atoms with van der Waals surface area (Å²) in [5.74, 6) is -0.756. The van der Waals surface area contributed by atoms with E-state index in [0.29, 0.717) is 21.8 Å². The van der Waals surface area contributed by atoms with E-state index in [2.05, 4.69) is 10.2 Å². The molecular formula is C16H11FN4O3S. The molecule has 0 aliphatic carbocycles. The van der Waals surface area contributed by atoms with E-state index in [0.717, 1.165) is 0 Å². The summed E-state index contributed by atoms with van der Waals surface area (Å²) in [4.78, 5) is 24.3. The number of nitrogens with zero attached hydrogens (tertiary/aromatic N) is 4. The van der Waals surface area contributed by atoms with Crippen molar-refractivity contribution in [3.8, 4) is 0 Å². The van der Waals surface area contributed by atoms with Crippen molar-refractivity contribution < 1.29 is 13.9 Å². The number of thiophene rings is 1. The highest BCUT2D eigenvalue weighted by Gasteiger charge is 2.18. The number of carbonyl (C=O) groups excluding carboxylic acids is 1. The Bertz CT molecular complexity index is 1180. The first-order valence-electron chi connectivity index (χ1n) is 7.30. The summed E-state index contributed by atoms with van der Waals surface area (Å²) < 4.78 is 22.4. The van der Waals surface area contributed by atoms with Gasteiger partial charge in [-0.05, 0) is 23.6 Å². The SMILES string of the molecule is Cn1c(=O)c2sccc2n2c(COC(=O)c3ccccc3F)nnc12. The van der Waals surface area contributed by atoms with Crippen LogP contribution in [0, 0.1) is 5.82 Å². The molecule has 0 spiro atoms. The Balaban J connectivity index is 1.72. The molecule has 126 valence electrons. The van der Waals surface area contributed by atoms with Crippen molar-refractivity contribution in [3.63, 3.8) is 0 Å². The second kappa shape index (κ2) is 5.78. The van der Waals surface area contributed by atoms with Gasteiger partial charge in [-0.15, -0.1) is 21.5 Å². The highest BCUT2D eigenvalue weighted by Crippen LogP contribution is 2.19. The van der Waals surface area contributed by atoms with E-state index in [9.17, 15) is 14.0 Å². The highest BCUT2D eigenvalue weighted by molar-refractivity contribution is 7.17. The van der Waals surface area contributed by atoms with Crippen LogP contribution >= 0.6 is 11.3 Å². The Morgan fingerprint density at radius 3 is 2.88 bits per heavy atom. The zero-order chi connectivity index (χ0) is 17.6. The molecule has 0 atom stereocenters. The maximum atomic E-state index is 13.7. The summed E-state index contributed by atoms with van der Waals surface area (Å²) in [6.45, 7) is -0.197. The van der Waals surface area contributed by atoms with Gasteiger partial charge in [-0.2, -0.15) is 0 Å². The number of halogens is 1. The minimum Gasteiger partial charge on any atom is -0.454 e. The molecule has 3 aromatic heterocycles. The van der Waals surface area contributed by atoms with Gasteiger partial charge in [-0.25, -0.2) is 9.18 Å². The molecule has 1 aromatic carbocycles. The van der Waals surface area contributed by atoms with Crippen molar-refractivity contribution in [3.05, 3.63) is 63.3 Å². The smallest absolute Gasteiger partial charge is 0.341 e. The van der Waals surface area contributed by atoms with E-state index >= 15 is 0 Å². The van der Waals surface area contributed by atoms with Crippen molar-refractivity contribution >= 4 is 33.3 Å². The van der Waals surface area contributed by atoms with Crippen LogP contribution in [-0.4, -0.2) is 25.1 Å². The van der Waals surface area contributed by atoms with E-state index in [-0.39, 0.29) is 17.7 Å². The van der Waals surface area contributed by atoms with Gasteiger partial charge in [-0.1, -0.05) is 12.1 Å². The summed E-state index contributed by atoms with van der Waals surface area (Å²) in [7, 11) is 1.60. The van der Waals surface area contributed by atoms with Crippen molar-refractivity contribution in [1.29, 1.82) is 0 Å². The number of esters is 1. The van der Waals surface area contributed by atoms with Gasteiger partial charge in [0.1, 0.15) is 10.5 Å². The summed E-state index contributed by atoms with van der Waals surface area (Å²) >= 11 is 1.31.